The van der Waals surface area contributed by atoms with Crippen LogP contribution in [0.1, 0.15) is 5.56 Å². The number of thioether (sulfide) groups is 1. The Kier molecular flexibility index (Phi) is 4.92. The molecule has 0 atom stereocenters. The van der Waals surface area contributed by atoms with Gasteiger partial charge in [-0.1, -0.05) is 30.0 Å². The maximum absolute atomic E-state index is 12.3. The molecule has 0 amide bonds. The lowest BCUT2D eigenvalue weighted by atomic mass is 10.1. The third-order valence-corrected chi connectivity index (χ3v) is 5.78. The van der Waals surface area contributed by atoms with Crippen molar-refractivity contribution in [1.29, 1.82) is 0 Å². The Bertz CT molecular complexity index is 1240. The summed E-state index contributed by atoms with van der Waals surface area (Å²) in [7, 11) is 0. The molecule has 1 aliphatic heterocycles. The quantitative estimate of drug-likeness (QED) is 0.440. The summed E-state index contributed by atoms with van der Waals surface area (Å²) < 4.78 is 19.0. The number of ether oxygens (including phenoxy) is 3. The molecule has 0 radical (unpaired) electrons. The number of para-hydroxylation sites is 1. The van der Waals surface area contributed by atoms with Gasteiger partial charge in [0.2, 0.25) is 0 Å². The largest absolute Gasteiger partial charge is 0.486 e. The van der Waals surface area contributed by atoms with Crippen LogP contribution in [0.15, 0.2) is 53.7 Å². The van der Waals surface area contributed by atoms with E-state index in [1.54, 1.807) is 0 Å². The first-order valence-corrected chi connectivity index (χ1v) is 10.6. The zero-order valence-corrected chi connectivity index (χ0v) is 17.1. The number of fused-ring (bicyclic) bond motifs is 4. The van der Waals surface area contributed by atoms with Gasteiger partial charge in [-0.2, -0.15) is 0 Å². The van der Waals surface area contributed by atoms with Crippen molar-refractivity contribution in [2.24, 2.45) is 0 Å². The molecule has 30 heavy (non-hydrogen) atoms. The number of nitrogens with zero attached hydrogens (tertiary/aromatic N) is 3. The lowest BCUT2D eigenvalue weighted by Gasteiger charge is -2.19. The van der Waals surface area contributed by atoms with Crippen LogP contribution in [0.4, 0.5) is 0 Å². The summed E-state index contributed by atoms with van der Waals surface area (Å²) in [4.78, 5) is 12.3. The lowest BCUT2D eigenvalue weighted by molar-refractivity contribution is -0.118. The second kappa shape index (κ2) is 7.87. The second-order valence-electron chi connectivity index (χ2n) is 6.95. The van der Waals surface area contributed by atoms with Crippen molar-refractivity contribution < 1.29 is 19.0 Å². The number of carbonyl (C=O) groups excluding carboxylic acids is 1. The van der Waals surface area contributed by atoms with E-state index in [1.165, 1.54) is 11.8 Å². The average molecular weight is 421 g/mol. The van der Waals surface area contributed by atoms with Gasteiger partial charge >= 0.3 is 0 Å². The standard InChI is InChI=1S/C22H19N3O4S/c1-14-9-15-10-19-20(28-8-7-27-19)11-18(15)25-21(14)23-24-22(25)30-13-16(26)12-29-17-5-3-2-4-6-17/h2-6,9-11H,7-8,12-13H2,1H3. The van der Waals surface area contributed by atoms with Crippen LogP contribution in [-0.2, 0) is 4.79 Å². The maximum Gasteiger partial charge on any atom is 0.196 e. The summed E-state index contributed by atoms with van der Waals surface area (Å²) in [6, 6.07) is 15.3. The Morgan fingerprint density at radius 2 is 1.87 bits per heavy atom. The Labute approximate surface area is 177 Å². The highest BCUT2D eigenvalue weighted by molar-refractivity contribution is 7.99. The summed E-state index contributed by atoms with van der Waals surface area (Å²) in [5.41, 5.74) is 2.67. The SMILES string of the molecule is Cc1cc2cc3c(cc2n2c(SCC(=O)COc4ccccc4)nnc12)OCCO3. The van der Waals surface area contributed by atoms with Crippen LogP contribution in [0.3, 0.4) is 0 Å². The van der Waals surface area contributed by atoms with E-state index in [4.69, 9.17) is 14.2 Å². The zero-order chi connectivity index (χ0) is 20.5. The number of aromatic nitrogens is 3. The Hall–Kier alpha value is -3.26. The van der Waals surface area contributed by atoms with E-state index >= 15 is 0 Å². The molecule has 2 aromatic heterocycles. The van der Waals surface area contributed by atoms with Gasteiger partial charge in [0.25, 0.3) is 0 Å². The van der Waals surface area contributed by atoms with E-state index in [1.807, 2.05) is 53.8 Å². The Morgan fingerprint density at radius 1 is 1.10 bits per heavy atom. The van der Waals surface area contributed by atoms with E-state index in [2.05, 4.69) is 16.3 Å². The fraction of sp³-hybridized carbons (Fsp3) is 0.227. The van der Waals surface area contributed by atoms with Crippen LogP contribution in [0.5, 0.6) is 17.2 Å². The van der Waals surface area contributed by atoms with Crippen molar-refractivity contribution >= 4 is 34.1 Å². The molecule has 7 nitrogen and oxygen atoms in total. The maximum atomic E-state index is 12.3. The molecule has 0 unspecified atom stereocenters. The van der Waals surface area contributed by atoms with Gasteiger partial charge in [0.15, 0.2) is 28.1 Å². The topological polar surface area (TPSA) is 75.0 Å². The smallest absolute Gasteiger partial charge is 0.196 e. The molecule has 0 bridgehead atoms. The number of Topliss-reactive ketones (excluding diaryl/α,β-unsaturated/α-hetero) is 1. The van der Waals surface area contributed by atoms with Crippen LogP contribution in [-0.4, -0.2) is 46.0 Å². The molecule has 8 heteroatoms. The normalized spacial score (nSPS) is 13.0. The van der Waals surface area contributed by atoms with Crippen LogP contribution in [0.25, 0.3) is 16.6 Å². The minimum Gasteiger partial charge on any atom is -0.486 e. The summed E-state index contributed by atoms with van der Waals surface area (Å²) >= 11 is 1.35. The minimum atomic E-state index is -0.0216. The first-order chi connectivity index (χ1) is 14.7. The number of rotatable bonds is 6. The molecule has 3 heterocycles. The van der Waals surface area contributed by atoms with Gasteiger partial charge in [0.05, 0.1) is 11.3 Å². The molecule has 0 spiro atoms. The minimum absolute atomic E-state index is 0.0201. The summed E-state index contributed by atoms with van der Waals surface area (Å²) in [6.07, 6.45) is 0. The van der Waals surface area contributed by atoms with Crippen molar-refractivity contribution in [3.05, 3.63) is 54.1 Å². The molecule has 2 aromatic carbocycles. The molecule has 152 valence electrons. The molecule has 0 fully saturated rings. The number of pyridine rings is 1. The van der Waals surface area contributed by atoms with Crippen LogP contribution >= 0.6 is 11.8 Å². The molecule has 5 rings (SSSR count). The highest BCUT2D eigenvalue weighted by Gasteiger charge is 2.18. The number of carbonyl (C=O) groups is 1. The fourth-order valence-electron chi connectivity index (χ4n) is 3.40. The highest BCUT2D eigenvalue weighted by Crippen LogP contribution is 2.36. The van der Waals surface area contributed by atoms with E-state index in [0.717, 1.165) is 27.9 Å². The van der Waals surface area contributed by atoms with Gasteiger partial charge in [-0.15, -0.1) is 10.2 Å². The van der Waals surface area contributed by atoms with Crippen molar-refractivity contribution in [3.8, 4) is 17.2 Å². The van der Waals surface area contributed by atoms with Gasteiger partial charge in [-0.25, -0.2) is 0 Å². The first-order valence-electron chi connectivity index (χ1n) is 9.59. The summed E-state index contributed by atoms with van der Waals surface area (Å²) in [5, 5.41) is 10.3. The number of aryl methyl sites for hydroxylation is 1. The third-order valence-electron chi connectivity index (χ3n) is 4.80. The molecular weight excluding hydrogens is 402 g/mol. The number of hydrogen-bond acceptors (Lipinski definition) is 7. The zero-order valence-electron chi connectivity index (χ0n) is 16.3. The first kappa shape index (κ1) is 18.7. The van der Waals surface area contributed by atoms with E-state index in [-0.39, 0.29) is 18.1 Å². The van der Waals surface area contributed by atoms with Crippen LogP contribution in [0.2, 0.25) is 0 Å². The van der Waals surface area contributed by atoms with Gasteiger partial charge in [-0.05, 0) is 36.8 Å². The molecule has 0 N–H and O–H groups in total. The predicted octanol–water partition coefficient (Wildman–Crippen LogP) is 3.70. The van der Waals surface area contributed by atoms with Crippen molar-refractivity contribution in [1.82, 2.24) is 14.6 Å². The van der Waals surface area contributed by atoms with E-state index in [9.17, 15) is 4.79 Å². The summed E-state index contributed by atoms with van der Waals surface area (Å²) in [5.74, 6) is 2.34. The Morgan fingerprint density at radius 3 is 2.67 bits per heavy atom. The van der Waals surface area contributed by atoms with Crippen molar-refractivity contribution in [3.63, 3.8) is 0 Å². The van der Waals surface area contributed by atoms with Gasteiger partial charge in [0.1, 0.15) is 25.6 Å². The average Bonchev–Trinajstić information content (AvgIpc) is 3.21. The van der Waals surface area contributed by atoms with Gasteiger partial charge in [0, 0.05) is 11.5 Å². The molecule has 4 aromatic rings. The predicted molar refractivity (Wildman–Crippen MR) is 114 cm³/mol. The number of ketones is 1. The Balaban J connectivity index is 1.41. The molecule has 0 saturated heterocycles. The van der Waals surface area contributed by atoms with Crippen LogP contribution < -0.4 is 14.2 Å². The van der Waals surface area contributed by atoms with Crippen molar-refractivity contribution in [2.75, 3.05) is 25.6 Å². The fourth-order valence-corrected chi connectivity index (χ4v) is 4.19. The number of benzene rings is 2. The highest BCUT2D eigenvalue weighted by atomic mass is 32.2. The van der Waals surface area contributed by atoms with E-state index in [0.29, 0.717) is 29.9 Å². The van der Waals surface area contributed by atoms with Gasteiger partial charge < -0.3 is 14.2 Å². The second-order valence-corrected chi connectivity index (χ2v) is 7.90. The van der Waals surface area contributed by atoms with Crippen LogP contribution in [0, 0.1) is 6.92 Å². The lowest BCUT2D eigenvalue weighted by Crippen LogP contribution is -2.15. The van der Waals surface area contributed by atoms with Gasteiger partial charge in [-0.3, -0.25) is 9.20 Å². The molecular formula is C22H19N3O4S. The monoisotopic (exact) mass is 421 g/mol. The molecule has 1 aliphatic rings. The third kappa shape index (κ3) is 3.54. The summed E-state index contributed by atoms with van der Waals surface area (Å²) in [6.45, 7) is 3.08. The van der Waals surface area contributed by atoms with E-state index < -0.39 is 0 Å². The number of hydrogen-bond donors (Lipinski definition) is 0. The molecule has 0 aliphatic carbocycles. The molecule has 0 saturated carbocycles. The van der Waals surface area contributed by atoms with Crippen molar-refractivity contribution in [2.45, 2.75) is 12.1 Å².